The van der Waals surface area contributed by atoms with Crippen molar-refractivity contribution in [2.75, 3.05) is 20.8 Å². The Hall–Kier alpha value is -1.55. The Bertz CT molecular complexity index is 352. The van der Waals surface area contributed by atoms with Gasteiger partial charge in [-0.05, 0) is 31.7 Å². The lowest BCUT2D eigenvalue weighted by molar-refractivity contribution is -0.143. The lowest BCUT2D eigenvalue weighted by Gasteiger charge is -2.14. The van der Waals surface area contributed by atoms with Crippen LogP contribution in [0.5, 0.6) is 5.75 Å². The molecule has 1 atom stereocenters. The predicted molar refractivity (Wildman–Crippen MR) is 61.4 cm³/mol. The SMILES string of the molecule is CCOc1cccc(C(NC)C(=O)OC)c1. The lowest BCUT2D eigenvalue weighted by Crippen LogP contribution is -2.26. The minimum atomic E-state index is -0.453. The van der Waals surface area contributed by atoms with E-state index >= 15 is 0 Å². The third kappa shape index (κ3) is 2.97. The van der Waals surface area contributed by atoms with Gasteiger partial charge in [0.15, 0.2) is 0 Å². The summed E-state index contributed by atoms with van der Waals surface area (Å²) in [4.78, 5) is 11.5. The Morgan fingerprint density at radius 2 is 2.25 bits per heavy atom. The van der Waals surface area contributed by atoms with E-state index in [1.165, 1.54) is 7.11 Å². The maximum absolute atomic E-state index is 11.5. The maximum atomic E-state index is 11.5. The van der Waals surface area contributed by atoms with Gasteiger partial charge in [0.25, 0.3) is 0 Å². The highest BCUT2D eigenvalue weighted by Crippen LogP contribution is 2.20. The molecule has 4 nitrogen and oxygen atoms in total. The van der Waals surface area contributed by atoms with Crippen molar-refractivity contribution in [2.24, 2.45) is 0 Å². The van der Waals surface area contributed by atoms with Gasteiger partial charge in [-0.3, -0.25) is 0 Å². The molecule has 1 aromatic carbocycles. The van der Waals surface area contributed by atoms with Crippen molar-refractivity contribution in [1.29, 1.82) is 0 Å². The van der Waals surface area contributed by atoms with E-state index < -0.39 is 6.04 Å². The van der Waals surface area contributed by atoms with Crippen LogP contribution in [-0.2, 0) is 9.53 Å². The fraction of sp³-hybridized carbons (Fsp3) is 0.417. The maximum Gasteiger partial charge on any atom is 0.327 e. The van der Waals surface area contributed by atoms with Gasteiger partial charge < -0.3 is 14.8 Å². The van der Waals surface area contributed by atoms with Crippen LogP contribution in [0.4, 0.5) is 0 Å². The summed E-state index contributed by atoms with van der Waals surface area (Å²) in [5.74, 6) is 0.445. The summed E-state index contributed by atoms with van der Waals surface area (Å²) in [6.45, 7) is 2.52. The zero-order valence-electron chi connectivity index (χ0n) is 9.82. The van der Waals surface area contributed by atoms with E-state index in [9.17, 15) is 4.79 Å². The first-order valence-electron chi connectivity index (χ1n) is 5.20. The molecule has 0 saturated carbocycles. The Morgan fingerprint density at radius 3 is 2.81 bits per heavy atom. The summed E-state index contributed by atoms with van der Waals surface area (Å²) >= 11 is 0. The van der Waals surface area contributed by atoms with E-state index in [4.69, 9.17) is 9.47 Å². The highest BCUT2D eigenvalue weighted by molar-refractivity contribution is 5.77. The Balaban J connectivity index is 2.92. The number of benzene rings is 1. The number of methoxy groups -OCH3 is 1. The number of carbonyl (C=O) groups is 1. The second-order valence-electron chi connectivity index (χ2n) is 3.25. The molecule has 0 aliphatic carbocycles. The number of nitrogens with one attached hydrogen (secondary N) is 1. The molecule has 88 valence electrons. The van der Waals surface area contributed by atoms with E-state index in [2.05, 4.69) is 5.32 Å². The molecule has 0 heterocycles. The molecule has 0 amide bonds. The first kappa shape index (κ1) is 12.5. The van der Waals surface area contributed by atoms with Gasteiger partial charge in [0.05, 0.1) is 13.7 Å². The quantitative estimate of drug-likeness (QED) is 0.769. The normalized spacial score (nSPS) is 11.9. The van der Waals surface area contributed by atoms with Crippen molar-refractivity contribution in [2.45, 2.75) is 13.0 Å². The molecule has 16 heavy (non-hydrogen) atoms. The molecule has 0 aromatic heterocycles. The van der Waals surface area contributed by atoms with E-state index in [-0.39, 0.29) is 5.97 Å². The summed E-state index contributed by atoms with van der Waals surface area (Å²) in [7, 11) is 3.09. The van der Waals surface area contributed by atoms with Crippen LogP contribution in [0.3, 0.4) is 0 Å². The van der Waals surface area contributed by atoms with Gasteiger partial charge >= 0.3 is 5.97 Å². The van der Waals surface area contributed by atoms with E-state index in [1.807, 2.05) is 31.2 Å². The third-order valence-corrected chi connectivity index (χ3v) is 2.23. The molecule has 1 unspecified atom stereocenters. The largest absolute Gasteiger partial charge is 0.494 e. The standard InChI is InChI=1S/C12H17NO3/c1-4-16-10-7-5-6-9(8-10)11(13-2)12(14)15-3/h5-8,11,13H,4H2,1-3H3. The Kier molecular flexibility index (Phi) is 4.79. The topological polar surface area (TPSA) is 47.6 Å². The minimum Gasteiger partial charge on any atom is -0.494 e. The molecule has 1 aromatic rings. The number of ether oxygens (including phenoxy) is 2. The fourth-order valence-corrected chi connectivity index (χ4v) is 1.49. The molecule has 0 aliphatic heterocycles. The van der Waals surface area contributed by atoms with Crippen LogP contribution >= 0.6 is 0 Å². The summed E-state index contributed by atoms with van der Waals surface area (Å²) in [5.41, 5.74) is 0.834. The zero-order chi connectivity index (χ0) is 12.0. The van der Waals surface area contributed by atoms with Gasteiger partial charge in [-0.25, -0.2) is 4.79 Å². The molecule has 1 N–H and O–H groups in total. The average Bonchev–Trinajstić information content (AvgIpc) is 2.31. The molecule has 0 radical (unpaired) electrons. The molecular formula is C12H17NO3. The van der Waals surface area contributed by atoms with Gasteiger partial charge in [-0.2, -0.15) is 0 Å². The first-order chi connectivity index (χ1) is 7.72. The fourth-order valence-electron chi connectivity index (χ4n) is 1.49. The molecule has 0 saturated heterocycles. The van der Waals surface area contributed by atoms with Crippen LogP contribution < -0.4 is 10.1 Å². The number of hydrogen-bond donors (Lipinski definition) is 1. The van der Waals surface area contributed by atoms with Crippen molar-refractivity contribution in [3.05, 3.63) is 29.8 Å². The Morgan fingerprint density at radius 1 is 1.50 bits per heavy atom. The summed E-state index contributed by atoms with van der Waals surface area (Å²) in [6, 6.07) is 6.96. The van der Waals surface area contributed by atoms with E-state index in [1.54, 1.807) is 7.05 Å². The summed E-state index contributed by atoms with van der Waals surface area (Å²) < 4.78 is 10.1. The highest BCUT2D eigenvalue weighted by atomic mass is 16.5. The van der Waals surface area contributed by atoms with Crippen molar-refractivity contribution < 1.29 is 14.3 Å². The van der Waals surface area contributed by atoms with E-state index in [0.717, 1.165) is 11.3 Å². The van der Waals surface area contributed by atoms with Crippen LogP contribution in [0.15, 0.2) is 24.3 Å². The van der Waals surface area contributed by atoms with Crippen molar-refractivity contribution in [3.8, 4) is 5.75 Å². The second-order valence-corrected chi connectivity index (χ2v) is 3.25. The summed E-state index contributed by atoms with van der Waals surface area (Å²) in [5, 5.41) is 2.91. The average molecular weight is 223 g/mol. The van der Waals surface area contributed by atoms with Crippen molar-refractivity contribution in [1.82, 2.24) is 5.32 Å². The van der Waals surface area contributed by atoms with Gasteiger partial charge in [0, 0.05) is 0 Å². The second kappa shape index (κ2) is 6.12. The number of rotatable bonds is 5. The molecule has 1 rings (SSSR count). The van der Waals surface area contributed by atoms with Crippen molar-refractivity contribution >= 4 is 5.97 Å². The lowest BCUT2D eigenvalue weighted by atomic mass is 10.1. The minimum absolute atomic E-state index is 0.309. The predicted octanol–water partition coefficient (Wildman–Crippen LogP) is 1.52. The van der Waals surface area contributed by atoms with Crippen LogP contribution in [0.2, 0.25) is 0 Å². The number of likely N-dealkylation sites (N-methyl/N-ethyl adjacent to an activating group) is 1. The van der Waals surface area contributed by atoms with Crippen molar-refractivity contribution in [3.63, 3.8) is 0 Å². The molecule has 4 heteroatoms. The number of carbonyl (C=O) groups excluding carboxylic acids is 1. The molecule has 0 aliphatic rings. The van der Waals surface area contributed by atoms with Gasteiger partial charge in [0.2, 0.25) is 0 Å². The molecule has 0 spiro atoms. The smallest absolute Gasteiger partial charge is 0.327 e. The molecule has 0 fully saturated rings. The number of esters is 1. The zero-order valence-corrected chi connectivity index (χ0v) is 9.82. The van der Waals surface area contributed by atoms with Crippen LogP contribution in [0.25, 0.3) is 0 Å². The van der Waals surface area contributed by atoms with Gasteiger partial charge in [-0.15, -0.1) is 0 Å². The monoisotopic (exact) mass is 223 g/mol. The highest BCUT2D eigenvalue weighted by Gasteiger charge is 2.19. The van der Waals surface area contributed by atoms with Gasteiger partial charge in [0.1, 0.15) is 11.8 Å². The van der Waals surface area contributed by atoms with E-state index in [0.29, 0.717) is 6.61 Å². The molecular weight excluding hydrogens is 206 g/mol. The van der Waals surface area contributed by atoms with Crippen LogP contribution in [0.1, 0.15) is 18.5 Å². The summed E-state index contributed by atoms with van der Waals surface area (Å²) in [6.07, 6.45) is 0. The van der Waals surface area contributed by atoms with Crippen LogP contribution in [-0.4, -0.2) is 26.7 Å². The molecule has 0 bridgehead atoms. The first-order valence-corrected chi connectivity index (χ1v) is 5.20. The third-order valence-electron chi connectivity index (χ3n) is 2.23. The van der Waals surface area contributed by atoms with Crippen LogP contribution in [0, 0.1) is 0 Å². The Labute approximate surface area is 95.6 Å². The van der Waals surface area contributed by atoms with Gasteiger partial charge in [-0.1, -0.05) is 12.1 Å². The number of hydrogen-bond acceptors (Lipinski definition) is 4.